The van der Waals surface area contributed by atoms with E-state index in [2.05, 4.69) is 25.9 Å². The Morgan fingerprint density at radius 1 is 1.36 bits per heavy atom. The smallest absolute Gasteiger partial charge is 0.160 e. The fraction of sp³-hybridized carbons (Fsp3) is 0.111. The molecular formula is C9H7BrN2S2. The van der Waals surface area contributed by atoms with Crippen molar-refractivity contribution < 1.29 is 0 Å². The lowest BCUT2D eigenvalue weighted by Gasteiger charge is -1.96. The molecular weight excluding hydrogens is 280 g/mol. The maximum Gasteiger partial charge on any atom is 0.160 e. The molecule has 0 saturated heterocycles. The second-order valence-electron chi connectivity index (χ2n) is 2.54. The summed E-state index contributed by atoms with van der Waals surface area (Å²) >= 11 is 6.74. The maximum absolute atomic E-state index is 4.25. The van der Waals surface area contributed by atoms with Crippen LogP contribution in [-0.4, -0.2) is 9.97 Å². The van der Waals surface area contributed by atoms with Crippen LogP contribution in [0.1, 0.15) is 5.69 Å². The van der Waals surface area contributed by atoms with Crippen LogP contribution in [0.15, 0.2) is 38.7 Å². The van der Waals surface area contributed by atoms with E-state index in [0.29, 0.717) is 0 Å². The lowest BCUT2D eigenvalue weighted by molar-refractivity contribution is 1.17. The highest BCUT2D eigenvalue weighted by Crippen LogP contribution is 2.29. The van der Waals surface area contributed by atoms with Crippen LogP contribution in [0.3, 0.4) is 0 Å². The van der Waals surface area contributed by atoms with Crippen molar-refractivity contribution in [3.8, 4) is 0 Å². The molecule has 0 saturated carbocycles. The highest BCUT2D eigenvalue weighted by Gasteiger charge is 2.00. The standard InChI is InChI=1S/C9H7BrN2S2/c10-9-12-5-8(14-9)13-6-7-3-1-2-4-11-7/h1-5H,6H2. The molecule has 72 valence electrons. The molecule has 0 unspecified atom stereocenters. The van der Waals surface area contributed by atoms with Crippen LogP contribution < -0.4 is 0 Å². The van der Waals surface area contributed by atoms with Gasteiger partial charge in [0.25, 0.3) is 0 Å². The second-order valence-corrected chi connectivity index (χ2v) is 6.12. The van der Waals surface area contributed by atoms with Gasteiger partial charge < -0.3 is 0 Å². The molecule has 0 aliphatic carbocycles. The summed E-state index contributed by atoms with van der Waals surface area (Å²) in [5.41, 5.74) is 1.10. The van der Waals surface area contributed by atoms with Crippen LogP contribution in [-0.2, 0) is 5.75 Å². The van der Waals surface area contributed by atoms with E-state index in [0.717, 1.165) is 15.4 Å². The van der Waals surface area contributed by atoms with E-state index < -0.39 is 0 Å². The molecule has 0 aliphatic heterocycles. The number of pyridine rings is 1. The summed E-state index contributed by atoms with van der Waals surface area (Å²) < 4.78 is 2.14. The van der Waals surface area contributed by atoms with E-state index in [1.807, 2.05) is 30.6 Å². The molecule has 0 bridgehead atoms. The molecule has 2 aromatic rings. The van der Waals surface area contributed by atoms with Gasteiger partial charge in [0.15, 0.2) is 3.92 Å². The number of nitrogens with zero attached hydrogens (tertiary/aromatic N) is 2. The number of hydrogen-bond donors (Lipinski definition) is 0. The molecule has 0 atom stereocenters. The van der Waals surface area contributed by atoms with Crippen molar-refractivity contribution in [1.29, 1.82) is 0 Å². The van der Waals surface area contributed by atoms with E-state index in [-0.39, 0.29) is 0 Å². The number of rotatable bonds is 3. The minimum Gasteiger partial charge on any atom is -0.260 e. The van der Waals surface area contributed by atoms with Gasteiger partial charge in [-0.2, -0.15) is 0 Å². The third-order valence-electron chi connectivity index (χ3n) is 1.54. The van der Waals surface area contributed by atoms with Gasteiger partial charge in [0.1, 0.15) is 0 Å². The average molecular weight is 287 g/mol. The Morgan fingerprint density at radius 3 is 2.93 bits per heavy atom. The molecule has 0 N–H and O–H groups in total. The summed E-state index contributed by atoms with van der Waals surface area (Å²) in [6.07, 6.45) is 3.70. The molecule has 2 nitrogen and oxygen atoms in total. The van der Waals surface area contributed by atoms with Crippen molar-refractivity contribution in [3.63, 3.8) is 0 Å². The Kier molecular flexibility index (Phi) is 3.55. The van der Waals surface area contributed by atoms with Crippen LogP contribution in [0.4, 0.5) is 0 Å². The van der Waals surface area contributed by atoms with Crippen molar-refractivity contribution in [2.75, 3.05) is 0 Å². The van der Waals surface area contributed by atoms with Crippen molar-refractivity contribution in [1.82, 2.24) is 9.97 Å². The normalized spacial score (nSPS) is 10.4. The van der Waals surface area contributed by atoms with Crippen LogP contribution >= 0.6 is 39.0 Å². The van der Waals surface area contributed by atoms with Crippen LogP contribution in [0.25, 0.3) is 0 Å². The maximum atomic E-state index is 4.25. The van der Waals surface area contributed by atoms with E-state index in [9.17, 15) is 0 Å². The van der Waals surface area contributed by atoms with Crippen molar-refractivity contribution in [3.05, 3.63) is 40.2 Å². The zero-order chi connectivity index (χ0) is 9.80. The summed E-state index contributed by atoms with van der Waals surface area (Å²) in [5.74, 6) is 0.898. The Morgan fingerprint density at radius 2 is 2.29 bits per heavy atom. The summed E-state index contributed by atoms with van der Waals surface area (Å²) in [5, 5.41) is 0. The van der Waals surface area contributed by atoms with Gasteiger partial charge in [-0.1, -0.05) is 6.07 Å². The van der Waals surface area contributed by atoms with Gasteiger partial charge in [-0.05, 0) is 28.1 Å². The third kappa shape index (κ3) is 2.80. The first kappa shape index (κ1) is 10.1. The van der Waals surface area contributed by atoms with E-state index in [1.165, 1.54) is 4.21 Å². The van der Waals surface area contributed by atoms with Crippen molar-refractivity contribution in [2.45, 2.75) is 9.96 Å². The predicted molar refractivity (Wildman–Crippen MR) is 63.6 cm³/mol. The van der Waals surface area contributed by atoms with Crippen molar-refractivity contribution >= 4 is 39.0 Å². The van der Waals surface area contributed by atoms with Gasteiger partial charge in [-0.3, -0.25) is 4.98 Å². The fourth-order valence-corrected chi connectivity index (χ4v) is 3.50. The molecule has 14 heavy (non-hydrogen) atoms. The first-order valence-corrected chi connectivity index (χ1v) is 6.58. The van der Waals surface area contributed by atoms with Crippen molar-refractivity contribution in [2.24, 2.45) is 0 Å². The second kappa shape index (κ2) is 4.91. The summed E-state index contributed by atoms with van der Waals surface area (Å²) in [7, 11) is 0. The zero-order valence-corrected chi connectivity index (χ0v) is 10.4. The third-order valence-corrected chi connectivity index (χ3v) is 4.25. The van der Waals surface area contributed by atoms with Crippen LogP contribution in [0.5, 0.6) is 0 Å². The fourth-order valence-electron chi connectivity index (χ4n) is 0.934. The van der Waals surface area contributed by atoms with Gasteiger partial charge in [0.2, 0.25) is 0 Å². The number of thioether (sulfide) groups is 1. The molecule has 0 radical (unpaired) electrons. The van der Waals surface area contributed by atoms with Gasteiger partial charge in [0.05, 0.1) is 16.1 Å². The molecule has 5 heteroatoms. The Balaban J connectivity index is 1.95. The quantitative estimate of drug-likeness (QED) is 0.807. The molecule has 0 aromatic carbocycles. The van der Waals surface area contributed by atoms with Gasteiger partial charge in [-0.15, -0.1) is 23.1 Å². The lowest BCUT2D eigenvalue weighted by atomic mass is 10.4. The highest BCUT2D eigenvalue weighted by atomic mass is 79.9. The van der Waals surface area contributed by atoms with Gasteiger partial charge in [0, 0.05) is 11.9 Å². The van der Waals surface area contributed by atoms with Gasteiger partial charge >= 0.3 is 0 Å². The lowest BCUT2D eigenvalue weighted by Crippen LogP contribution is -1.82. The topological polar surface area (TPSA) is 25.8 Å². The predicted octanol–water partition coefficient (Wildman–Crippen LogP) is 3.59. The monoisotopic (exact) mass is 286 g/mol. The largest absolute Gasteiger partial charge is 0.260 e. The van der Waals surface area contributed by atoms with E-state index >= 15 is 0 Å². The molecule has 0 amide bonds. The molecule has 0 aliphatic rings. The summed E-state index contributed by atoms with van der Waals surface area (Å²) in [6.45, 7) is 0. The Hall–Kier alpha value is -0.390. The summed E-state index contributed by atoms with van der Waals surface area (Å²) in [4.78, 5) is 8.38. The minimum absolute atomic E-state index is 0.898. The Labute approximate surface area is 98.9 Å². The Bertz CT molecular complexity index is 402. The van der Waals surface area contributed by atoms with Crippen LogP contribution in [0, 0.1) is 0 Å². The van der Waals surface area contributed by atoms with E-state index in [4.69, 9.17) is 0 Å². The molecule has 2 rings (SSSR count). The molecule has 0 fully saturated rings. The number of halogens is 1. The molecule has 0 spiro atoms. The zero-order valence-electron chi connectivity index (χ0n) is 7.18. The highest BCUT2D eigenvalue weighted by molar-refractivity contribution is 9.11. The first-order valence-electron chi connectivity index (χ1n) is 3.98. The summed E-state index contributed by atoms with van der Waals surface area (Å²) in [6, 6.07) is 5.96. The average Bonchev–Trinajstić information content (AvgIpc) is 2.63. The minimum atomic E-state index is 0.898. The number of aromatic nitrogens is 2. The number of thiazole rings is 1. The molecule has 2 heterocycles. The first-order chi connectivity index (χ1) is 6.84. The van der Waals surface area contributed by atoms with E-state index in [1.54, 1.807) is 23.1 Å². The van der Waals surface area contributed by atoms with Gasteiger partial charge in [-0.25, -0.2) is 4.98 Å². The van der Waals surface area contributed by atoms with Crippen LogP contribution in [0.2, 0.25) is 0 Å². The molecule has 2 aromatic heterocycles. The SMILES string of the molecule is Brc1ncc(SCc2ccccn2)s1. The number of hydrogen-bond acceptors (Lipinski definition) is 4.